The van der Waals surface area contributed by atoms with Crippen molar-refractivity contribution in [3.8, 4) is 0 Å². The molecule has 0 aliphatic carbocycles. The van der Waals surface area contributed by atoms with Gasteiger partial charge in [0, 0.05) is 5.38 Å². The van der Waals surface area contributed by atoms with E-state index in [4.69, 9.17) is 0 Å². The van der Waals surface area contributed by atoms with Crippen molar-refractivity contribution in [3.05, 3.63) is 11.1 Å². The van der Waals surface area contributed by atoms with Crippen LogP contribution in [0.3, 0.4) is 0 Å². The van der Waals surface area contributed by atoms with Gasteiger partial charge in [-0.2, -0.15) is 0 Å². The fourth-order valence-electron chi connectivity index (χ4n) is 0.209. The molecule has 1 rings (SSSR count). The predicted molar refractivity (Wildman–Crippen MR) is 24.7 cm³/mol. The van der Waals surface area contributed by atoms with Gasteiger partial charge in [-0.25, -0.2) is 0 Å². The number of hydrogen-bond donors (Lipinski definition) is 0. The Kier molecular flexibility index (Phi) is 1.12. The van der Waals surface area contributed by atoms with Gasteiger partial charge in [-0.05, 0) is 11.5 Å². The van der Waals surface area contributed by atoms with E-state index in [2.05, 4.69) is 9.59 Å². The maximum atomic E-state index is 9.65. The van der Waals surface area contributed by atoms with Gasteiger partial charge in [-0.1, -0.05) is 4.49 Å². The van der Waals surface area contributed by atoms with Crippen LogP contribution in [0.15, 0.2) is 5.38 Å². The van der Waals surface area contributed by atoms with E-state index in [-0.39, 0.29) is 5.69 Å². The van der Waals surface area contributed by atoms with Crippen molar-refractivity contribution < 1.29 is 4.79 Å². The summed E-state index contributed by atoms with van der Waals surface area (Å²) in [5.74, 6) is 0. The highest BCUT2D eigenvalue weighted by atomic mass is 32.1. The Morgan fingerprint density at radius 1 is 1.86 bits per heavy atom. The molecule has 0 N–H and O–H groups in total. The van der Waals surface area contributed by atoms with Gasteiger partial charge in [-0.15, -0.1) is 5.10 Å². The lowest BCUT2D eigenvalue weighted by molar-refractivity contribution is 0.561. The van der Waals surface area contributed by atoms with Crippen LogP contribution in [0.25, 0.3) is 0 Å². The molecule has 0 aliphatic heterocycles. The summed E-state index contributed by atoms with van der Waals surface area (Å²) in [7, 11) is 0. The van der Waals surface area contributed by atoms with E-state index in [1.807, 2.05) is 0 Å². The third kappa shape index (κ3) is 0.806. The Labute approximate surface area is 44.1 Å². The summed E-state index contributed by atoms with van der Waals surface area (Å²) >= 11 is 1.14. The first-order valence-corrected chi connectivity index (χ1v) is 2.42. The van der Waals surface area contributed by atoms with Crippen LogP contribution in [0.1, 0.15) is 5.69 Å². The van der Waals surface area contributed by atoms with Crippen LogP contribution in [-0.2, 0) is 4.79 Å². The summed E-state index contributed by atoms with van der Waals surface area (Å²) in [6, 6.07) is 0. The lowest BCUT2D eigenvalue weighted by Gasteiger charge is -1.60. The highest BCUT2D eigenvalue weighted by Gasteiger charge is 1.88. The van der Waals surface area contributed by atoms with Crippen molar-refractivity contribution in [3.63, 3.8) is 0 Å². The maximum absolute atomic E-state index is 9.65. The van der Waals surface area contributed by atoms with E-state index in [1.165, 1.54) is 5.38 Å². The van der Waals surface area contributed by atoms with E-state index in [0.29, 0.717) is 0 Å². The lowest BCUT2D eigenvalue weighted by atomic mass is 10.6. The monoisotopic (exact) mass is 113 g/mol. The van der Waals surface area contributed by atoms with E-state index >= 15 is 0 Å². The van der Waals surface area contributed by atoms with Gasteiger partial charge in [0.15, 0.2) is 0 Å². The number of carbonyl (C=O) groups excluding carboxylic acids is 1. The molecular formula is C3HN2OS. The fraction of sp³-hybridized carbons (Fsp3) is 0. The molecule has 3 nitrogen and oxygen atoms in total. The van der Waals surface area contributed by atoms with Crippen LogP contribution in [0.2, 0.25) is 0 Å². The molecule has 4 heteroatoms. The number of hydrogen-bond acceptors (Lipinski definition) is 4. The van der Waals surface area contributed by atoms with E-state index in [1.54, 1.807) is 6.29 Å². The molecule has 1 aromatic heterocycles. The smallest absolute Gasteiger partial charge is 0.256 e. The number of rotatable bonds is 1. The molecule has 0 saturated carbocycles. The van der Waals surface area contributed by atoms with E-state index in [9.17, 15) is 4.79 Å². The Hall–Kier alpha value is -0.770. The molecule has 0 atom stereocenters. The number of aromatic nitrogens is 2. The highest BCUT2D eigenvalue weighted by molar-refractivity contribution is 7.03. The zero-order valence-corrected chi connectivity index (χ0v) is 4.10. The van der Waals surface area contributed by atoms with Crippen LogP contribution in [0, 0.1) is 0 Å². The second kappa shape index (κ2) is 1.79. The minimum Gasteiger partial charge on any atom is -0.283 e. The minimum atomic E-state index is 0.282. The topological polar surface area (TPSA) is 42.9 Å². The van der Waals surface area contributed by atoms with Crippen LogP contribution in [-0.4, -0.2) is 15.9 Å². The van der Waals surface area contributed by atoms with Crippen molar-refractivity contribution in [2.24, 2.45) is 0 Å². The van der Waals surface area contributed by atoms with E-state index < -0.39 is 0 Å². The van der Waals surface area contributed by atoms with Crippen molar-refractivity contribution in [1.29, 1.82) is 0 Å². The van der Waals surface area contributed by atoms with Gasteiger partial charge < -0.3 is 0 Å². The zero-order valence-electron chi connectivity index (χ0n) is 3.29. The van der Waals surface area contributed by atoms with Gasteiger partial charge in [0.25, 0.3) is 6.29 Å². The molecule has 1 radical (unpaired) electrons. The first-order valence-electron chi connectivity index (χ1n) is 1.58. The predicted octanol–water partition coefficient (Wildman–Crippen LogP) is -0.00410. The summed E-state index contributed by atoms with van der Waals surface area (Å²) < 4.78 is 3.42. The van der Waals surface area contributed by atoms with Gasteiger partial charge in [0.05, 0.1) is 0 Å². The Bertz CT molecular complexity index is 148. The number of nitrogens with zero attached hydrogens (tertiary/aromatic N) is 2. The summed E-state index contributed by atoms with van der Waals surface area (Å²) in [6.45, 7) is 0. The molecule has 1 heterocycles. The third-order valence-corrected chi connectivity index (χ3v) is 0.969. The largest absolute Gasteiger partial charge is 0.283 e. The molecule has 0 bridgehead atoms. The average Bonchev–Trinajstić information content (AvgIpc) is 2.14. The lowest BCUT2D eigenvalue weighted by Crippen LogP contribution is -1.76. The molecule has 0 fully saturated rings. The molecule has 0 amide bonds. The Morgan fingerprint density at radius 3 is 3.00 bits per heavy atom. The normalized spacial score (nSPS) is 8.57. The van der Waals surface area contributed by atoms with Crippen molar-refractivity contribution in [2.45, 2.75) is 0 Å². The highest BCUT2D eigenvalue weighted by Crippen LogP contribution is 1.89. The van der Waals surface area contributed by atoms with Gasteiger partial charge >= 0.3 is 0 Å². The quantitative estimate of drug-likeness (QED) is 0.514. The molecule has 0 unspecified atom stereocenters. The first kappa shape index (κ1) is 4.39. The minimum absolute atomic E-state index is 0.282. The van der Waals surface area contributed by atoms with Crippen LogP contribution < -0.4 is 0 Å². The summed E-state index contributed by atoms with van der Waals surface area (Å²) in [6.07, 6.45) is 1.59. The van der Waals surface area contributed by atoms with Crippen molar-refractivity contribution >= 4 is 17.8 Å². The Morgan fingerprint density at radius 2 is 2.71 bits per heavy atom. The second-order valence-electron chi connectivity index (χ2n) is 0.892. The maximum Gasteiger partial charge on any atom is 0.256 e. The average molecular weight is 113 g/mol. The third-order valence-electron chi connectivity index (χ3n) is 0.465. The summed E-state index contributed by atoms with van der Waals surface area (Å²) in [5.41, 5.74) is 0.282. The molecule has 0 aromatic carbocycles. The van der Waals surface area contributed by atoms with Gasteiger partial charge in [-0.3, -0.25) is 4.79 Å². The van der Waals surface area contributed by atoms with Gasteiger partial charge in [0.2, 0.25) is 0 Å². The fourth-order valence-corrected chi connectivity index (χ4v) is 0.586. The molecule has 7 heavy (non-hydrogen) atoms. The standard InChI is InChI=1S/C3HN2OS/c6-1-3-2-7-5-4-3/h2H. The Balaban J connectivity index is 2.96. The van der Waals surface area contributed by atoms with Gasteiger partial charge in [0.1, 0.15) is 5.69 Å². The second-order valence-corrected chi connectivity index (χ2v) is 1.50. The zero-order chi connectivity index (χ0) is 5.11. The van der Waals surface area contributed by atoms with Crippen molar-refractivity contribution in [2.75, 3.05) is 0 Å². The van der Waals surface area contributed by atoms with Crippen LogP contribution >= 0.6 is 11.5 Å². The van der Waals surface area contributed by atoms with Crippen LogP contribution in [0.4, 0.5) is 0 Å². The van der Waals surface area contributed by atoms with Crippen LogP contribution in [0.5, 0.6) is 0 Å². The first-order chi connectivity index (χ1) is 3.43. The molecule has 0 saturated heterocycles. The van der Waals surface area contributed by atoms with E-state index in [0.717, 1.165) is 11.5 Å². The summed E-state index contributed by atoms with van der Waals surface area (Å²) in [5, 5.41) is 4.91. The molecule has 1 aromatic rings. The molecular weight excluding hydrogens is 112 g/mol. The molecule has 0 spiro atoms. The molecule has 35 valence electrons. The van der Waals surface area contributed by atoms with Crippen molar-refractivity contribution in [1.82, 2.24) is 9.59 Å². The molecule has 0 aliphatic rings. The summed E-state index contributed by atoms with van der Waals surface area (Å²) in [4.78, 5) is 9.65. The SMILES string of the molecule is O=[C]c1csnn1.